The van der Waals surface area contributed by atoms with Crippen molar-refractivity contribution in [1.29, 1.82) is 0 Å². The summed E-state index contributed by atoms with van der Waals surface area (Å²) in [6.45, 7) is 6.81. The molecule has 0 aliphatic carbocycles. The lowest BCUT2D eigenvalue weighted by Crippen LogP contribution is -2.41. The first-order valence-corrected chi connectivity index (χ1v) is 14.1. The van der Waals surface area contributed by atoms with Gasteiger partial charge in [0.15, 0.2) is 0 Å². The average molecular weight is 495 g/mol. The molecular formula is C23H34N4O4S2. The molecule has 0 aromatic heterocycles. The van der Waals surface area contributed by atoms with Gasteiger partial charge in [0.25, 0.3) is 0 Å². The Kier molecular flexibility index (Phi) is 8.65. The van der Waals surface area contributed by atoms with Gasteiger partial charge < -0.3 is 10.6 Å². The number of hydrogen-bond acceptors (Lipinski definition) is 6. The zero-order valence-corrected chi connectivity index (χ0v) is 21.0. The van der Waals surface area contributed by atoms with Crippen LogP contribution in [0.4, 0.5) is 0 Å². The second kappa shape index (κ2) is 11.1. The second-order valence-corrected chi connectivity index (χ2v) is 12.3. The number of nitrogens with two attached hydrogens (primary N) is 1. The van der Waals surface area contributed by atoms with Crippen LogP contribution in [-0.2, 0) is 20.0 Å². The first-order valence-electron chi connectivity index (χ1n) is 11.2. The third kappa shape index (κ3) is 6.40. The van der Waals surface area contributed by atoms with Crippen molar-refractivity contribution in [3.63, 3.8) is 0 Å². The summed E-state index contributed by atoms with van der Waals surface area (Å²) in [7, 11) is -7.51. The number of hydrogen-bond donors (Lipinski definition) is 1. The maximum absolute atomic E-state index is 13.4. The molecule has 0 radical (unpaired) electrons. The standard InChI is InChI=1S/C23H34N4O4S2/c1-20-4-8-22(9-5-20)32(28,29)26-16-14-25(13-3-12-24)15-17-27(19-18-26)33(30,31)23-10-6-21(2)7-11-23/h4-11H,3,12-19,24H2,1-2H3. The molecule has 0 bridgehead atoms. The summed E-state index contributed by atoms with van der Waals surface area (Å²) < 4.78 is 56.3. The van der Waals surface area contributed by atoms with Gasteiger partial charge in [-0.25, -0.2) is 16.8 Å². The molecule has 1 aliphatic heterocycles. The lowest BCUT2D eigenvalue weighted by molar-refractivity contribution is 0.253. The van der Waals surface area contributed by atoms with E-state index >= 15 is 0 Å². The monoisotopic (exact) mass is 494 g/mol. The molecular weight excluding hydrogens is 460 g/mol. The fraction of sp³-hybridized carbons (Fsp3) is 0.478. The summed E-state index contributed by atoms with van der Waals surface area (Å²) >= 11 is 0. The topological polar surface area (TPSA) is 104 Å². The van der Waals surface area contributed by atoms with E-state index in [1.807, 2.05) is 13.8 Å². The molecule has 0 unspecified atom stereocenters. The van der Waals surface area contributed by atoms with E-state index in [2.05, 4.69) is 4.90 Å². The highest BCUT2D eigenvalue weighted by atomic mass is 32.2. The van der Waals surface area contributed by atoms with Crippen molar-refractivity contribution in [1.82, 2.24) is 13.5 Å². The zero-order chi connectivity index (χ0) is 24.1. The fourth-order valence-corrected chi connectivity index (χ4v) is 6.65. The molecule has 33 heavy (non-hydrogen) atoms. The minimum atomic E-state index is -3.76. The van der Waals surface area contributed by atoms with Crippen molar-refractivity contribution in [3.05, 3.63) is 59.7 Å². The van der Waals surface area contributed by atoms with Crippen LogP contribution in [0, 0.1) is 13.8 Å². The van der Waals surface area contributed by atoms with Gasteiger partial charge in [-0.05, 0) is 57.6 Å². The molecule has 2 N–H and O–H groups in total. The van der Waals surface area contributed by atoms with Crippen LogP contribution < -0.4 is 5.73 Å². The summed E-state index contributed by atoms with van der Waals surface area (Å²) in [4.78, 5) is 2.52. The molecule has 2 aromatic rings. The minimum absolute atomic E-state index is 0.0893. The number of rotatable bonds is 7. The van der Waals surface area contributed by atoms with Gasteiger partial charge in [0, 0.05) is 39.3 Å². The fourth-order valence-electron chi connectivity index (χ4n) is 3.80. The van der Waals surface area contributed by atoms with Crippen LogP contribution in [0.2, 0.25) is 0 Å². The van der Waals surface area contributed by atoms with Gasteiger partial charge in [0.1, 0.15) is 0 Å². The Morgan fingerprint density at radius 1 is 0.667 bits per heavy atom. The van der Waals surface area contributed by atoms with Gasteiger partial charge in [-0.15, -0.1) is 0 Å². The molecule has 1 saturated heterocycles. The van der Waals surface area contributed by atoms with Crippen LogP contribution in [0.3, 0.4) is 0 Å². The predicted octanol–water partition coefficient (Wildman–Crippen LogP) is 1.65. The van der Waals surface area contributed by atoms with E-state index < -0.39 is 20.0 Å². The molecule has 2 aromatic carbocycles. The van der Waals surface area contributed by atoms with E-state index in [-0.39, 0.29) is 22.9 Å². The summed E-state index contributed by atoms with van der Waals surface area (Å²) in [5, 5.41) is 0. The second-order valence-electron chi connectivity index (χ2n) is 8.42. The molecule has 0 saturated carbocycles. The van der Waals surface area contributed by atoms with Crippen molar-refractivity contribution < 1.29 is 16.8 Å². The Labute approximate surface area is 198 Å². The zero-order valence-electron chi connectivity index (χ0n) is 19.4. The molecule has 0 spiro atoms. The van der Waals surface area contributed by atoms with Crippen LogP contribution in [0.1, 0.15) is 17.5 Å². The van der Waals surface area contributed by atoms with Gasteiger partial charge in [0.2, 0.25) is 20.0 Å². The molecule has 8 nitrogen and oxygen atoms in total. The van der Waals surface area contributed by atoms with E-state index in [0.29, 0.717) is 39.3 Å². The summed E-state index contributed by atoms with van der Waals surface area (Å²) in [5.41, 5.74) is 7.62. The molecule has 3 rings (SSSR count). The van der Waals surface area contributed by atoms with E-state index in [1.165, 1.54) is 8.61 Å². The van der Waals surface area contributed by atoms with Crippen LogP contribution in [0.15, 0.2) is 58.3 Å². The van der Waals surface area contributed by atoms with Crippen molar-refractivity contribution in [3.8, 4) is 0 Å². The molecule has 0 atom stereocenters. The summed E-state index contributed by atoms with van der Waals surface area (Å²) in [6, 6.07) is 13.5. The third-order valence-corrected chi connectivity index (χ3v) is 9.75. The maximum Gasteiger partial charge on any atom is 0.243 e. The first-order chi connectivity index (χ1) is 15.6. The first kappa shape index (κ1) is 25.8. The van der Waals surface area contributed by atoms with Gasteiger partial charge >= 0.3 is 0 Å². The predicted molar refractivity (Wildman–Crippen MR) is 130 cm³/mol. The Morgan fingerprint density at radius 3 is 1.39 bits per heavy atom. The smallest absolute Gasteiger partial charge is 0.243 e. The van der Waals surface area contributed by atoms with Crippen molar-refractivity contribution in [2.45, 2.75) is 30.1 Å². The Balaban J connectivity index is 1.90. The molecule has 1 heterocycles. The lowest BCUT2D eigenvalue weighted by Gasteiger charge is -2.25. The van der Waals surface area contributed by atoms with E-state index in [0.717, 1.165) is 17.5 Å². The summed E-state index contributed by atoms with van der Waals surface area (Å²) in [5.74, 6) is 0. The van der Waals surface area contributed by atoms with E-state index in [1.54, 1.807) is 48.5 Å². The Bertz CT molecular complexity index is 1030. The SMILES string of the molecule is Cc1ccc(S(=O)(=O)N2CCN(CCCN)CCN(S(=O)(=O)c3ccc(C)cc3)CC2)cc1. The number of aryl methyl sites for hydroxylation is 2. The van der Waals surface area contributed by atoms with Crippen LogP contribution in [-0.4, -0.2) is 82.7 Å². The Hall–Kier alpha value is -1.82. The van der Waals surface area contributed by atoms with E-state index in [9.17, 15) is 16.8 Å². The Morgan fingerprint density at radius 2 is 1.03 bits per heavy atom. The lowest BCUT2D eigenvalue weighted by atomic mass is 10.2. The number of nitrogens with zero attached hydrogens (tertiary/aromatic N) is 3. The minimum Gasteiger partial charge on any atom is -0.330 e. The average Bonchev–Trinajstić information content (AvgIpc) is 2.89. The largest absolute Gasteiger partial charge is 0.330 e. The highest BCUT2D eigenvalue weighted by molar-refractivity contribution is 7.89. The molecule has 0 amide bonds. The van der Waals surface area contributed by atoms with Gasteiger partial charge in [-0.2, -0.15) is 8.61 Å². The molecule has 1 fully saturated rings. The molecule has 10 heteroatoms. The van der Waals surface area contributed by atoms with Crippen molar-refractivity contribution >= 4 is 20.0 Å². The highest BCUT2D eigenvalue weighted by Crippen LogP contribution is 2.20. The van der Waals surface area contributed by atoms with Gasteiger partial charge in [-0.1, -0.05) is 35.4 Å². The third-order valence-electron chi connectivity index (χ3n) is 5.93. The van der Waals surface area contributed by atoms with E-state index in [4.69, 9.17) is 5.73 Å². The van der Waals surface area contributed by atoms with Crippen LogP contribution >= 0.6 is 0 Å². The van der Waals surface area contributed by atoms with Crippen molar-refractivity contribution in [2.75, 3.05) is 52.4 Å². The molecule has 1 aliphatic rings. The van der Waals surface area contributed by atoms with Gasteiger partial charge in [0.05, 0.1) is 9.79 Å². The van der Waals surface area contributed by atoms with Crippen LogP contribution in [0.25, 0.3) is 0 Å². The normalized spacial score (nSPS) is 17.9. The number of benzene rings is 2. The highest BCUT2D eigenvalue weighted by Gasteiger charge is 2.31. The van der Waals surface area contributed by atoms with Gasteiger partial charge in [-0.3, -0.25) is 0 Å². The van der Waals surface area contributed by atoms with Crippen LogP contribution in [0.5, 0.6) is 0 Å². The van der Waals surface area contributed by atoms with Crippen molar-refractivity contribution in [2.24, 2.45) is 5.73 Å². The number of sulfonamides is 2. The molecule has 182 valence electrons. The maximum atomic E-state index is 13.4. The summed E-state index contributed by atoms with van der Waals surface area (Å²) in [6.07, 6.45) is 0.759. The quantitative estimate of drug-likeness (QED) is 0.628.